The van der Waals surface area contributed by atoms with E-state index in [0.29, 0.717) is 15.5 Å². The van der Waals surface area contributed by atoms with Crippen molar-refractivity contribution in [2.75, 3.05) is 6.54 Å². The zero-order chi connectivity index (χ0) is 14.0. The van der Waals surface area contributed by atoms with Gasteiger partial charge in [-0.2, -0.15) is 0 Å². The topological polar surface area (TPSA) is 58.2 Å². The van der Waals surface area contributed by atoms with Crippen LogP contribution in [0.15, 0.2) is 27.6 Å². The van der Waals surface area contributed by atoms with Crippen LogP contribution in [0.5, 0.6) is 0 Å². The fourth-order valence-corrected chi connectivity index (χ4v) is 3.97. The number of benzene rings is 1. The molecule has 1 aromatic rings. The van der Waals surface area contributed by atoms with E-state index in [1.807, 2.05) is 0 Å². The Labute approximate surface area is 139 Å². The van der Waals surface area contributed by atoms with Crippen LogP contribution in [0.3, 0.4) is 0 Å². The molecular weight excluding hydrogens is 387 g/mol. The SMILES string of the molecule is CC1CC(NS(=O)(=O)c2ccc(Br)c(Cl)c2)CCN1.Cl. The van der Waals surface area contributed by atoms with Crippen molar-refractivity contribution in [2.24, 2.45) is 0 Å². The van der Waals surface area contributed by atoms with Crippen molar-refractivity contribution in [2.45, 2.75) is 36.7 Å². The molecule has 2 atom stereocenters. The van der Waals surface area contributed by atoms with E-state index in [1.165, 1.54) is 6.07 Å². The highest BCUT2D eigenvalue weighted by molar-refractivity contribution is 9.10. The summed E-state index contributed by atoms with van der Waals surface area (Å²) in [6.45, 7) is 2.88. The summed E-state index contributed by atoms with van der Waals surface area (Å²) in [7, 11) is -3.51. The summed E-state index contributed by atoms with van der Waals surface area (Å²) in [6, 6.07) is 4.95. The maximum Gasteiger partial charge on any atom is 0.240 e. The summed E-state index contributed by atoms with van der Waals surface area (Å²) in [5.74, 6) is 0. The molecule has 114 valence electrons. The fraction of sp³-hybridized carbons (Fsp3) is 0.500. The predicted molar refractivity (Wildman–Crippen MR) is 87.2 cm³/mol. The van der Waals surface area contributed by atoms with Crippen molar-refractivity contribution >= 4 is 50.0 Å². The van der Waals surface area contributed by atoms with E-state index in [2.05, 4.69) is 32.9 Å². The second-order valence-electron chi connectivity index (χ2n) is 4.77. The van der Waals surface area contributed by atoms with E-state index < -0.39 is 10.0 Å². The molecule has 1 fully saturated rings. The largest absolute Gasteiger partial charge is 0.314 e. The van der Waals surface area contributed by atoms with Gasteiger partial charge in [0.2, 0.25) is 10.0 Å². The Morgan fingerprint density at radius 2 is 2.15 bits per heavy atom. The Morgan fingerprint density at radius 3 is 2.75 bits per heavy atom. The molecule has 0 spiro atoms. The molecule has 1 heterocycles. The monoisotopic (exact) mass is 402 g/mol. The van der Waals surface area contributed by atoms with E-state index in [1.54, 1.807) is 12.1 Å². The van der Waals surface area contributed by atoms with Crippen LogP contribution >= 0.6 is 39.9 Å². The fourth-order valence-electron chi connectivity index (χ4n) is 2.17. The molecule has 2 unspecified atom stereocenters. The molecular formula is C12H17BrCl2N2O2S. The van der Waals surface area contributed by atoms with E-state index in [-0.39, 0.29) is 23.3 Å². The second kappa shape index (κ2) is 7.42. The van der Waals surface area contributed by atoms with Gasteiger partial charge in [-0.1, -0.05) is 11.6 Å². The molecule has 0 radical (unpaired) electrons. The highest BCUT2D eigenvalue weighted by Crippen LogP contribution is 2.25. The van der Waals surface area contributed by atoms with Gasteiger partial charge in [0.25, 0.3) is 0 Å². The molecule has 2 N–H and O–H groups in total. The molecule has 0 aliphatic carbocycles. The van der Waals surface area contributed by atoms with Crippen molar-refractivity contribution < 1.29 is 8.42 Å². The molecule has 1 aromatic carbocycles. The van der Waals surface area contributed by atoms with Crippen molar-refractivity contribution in [1.29, 1.82) is 0 Å². The summed E-state index contributed by atoms with van der Waals surface area (Å²) in [6.07, 6.45) is 1.59. The van der Waals surface area contributed by atoms with Gasteiger partial charge >= 0.3 is 0 Å². The number of halogens is 3. The van der Waals surface area contributed by atoms with Crippen LogP contribution in [0.2, 0.25) is 5.02 Å². The van der Waals surface area contributed by atoms with Gasteiger partial charge in [-0.15, -0.1) is 12.4 Å². The number of nitrogens with one attached hydrogen (secondary N) is 2. The predicted octanol–water partition coefficient (Wildman–Crippen LogP) is 2.94. The average molecular weight is 404 g/mol. The maximum absolute atomic E-state index is 12.3. The highest BCUT2D eigenvalue weighted by Gasteiger charge is 2.24. The minimum atomic E-state index is -3.51. The lowest BCUT2D eigenvalue weighted by Gasteiger charge is -2.28. The maximum atomic E-state index is 12.3. The van der Waals surface area contributed by atoms with Crippen LogP contribution in [0, 0.1) is 0 Å². The summed E-state index contributed by atoms with van der Waals surface area (Å²) < 4.78 is 28.0. The quantitative estimate of drug-likeness (QED) is 0.815. The van der Waals surface area contributed by atoms with Crippen molar-refractivity contribution in [1.82, 2.24) is 10.0 Å². The van der Waals surface area contributed by atoms with Crippen LogP contribution in [-0.4, -0.2) is 27.0 Å². The molecule has 0 saturated carbocycles. The lowest BCUT2D eigenvalue weighted by molar-refractivity contribution is 0.361. The first-order chi connectivity index (χ1) is 8.88. The van der Waals surface area contributed by atoms with Crippen LogP contribution in [-0.2, 0) is 10.0 Å². The van der Waals surface area contributed by atoms with E-state index >= 15 is 0 Å². The van der Waals surface area contributed by atoms with Crippen LogP contribution < -0.4 is 10.0 Å². The lowest BCUT2D eigenvalue weighted by Crippen LogP contribution is -2.46. The number of hydrogen-bond acceptors (Lipinski definition) is 3. The first kappa shape index (κ1) is 18.2. The minimum Gasteiger partial charge on any atom is -0.314 e. The summed E-state index contributed by atoms with van der Waals surface area (Å²) >= 11 is 9.18. The third kappa shape index (κ3) is 4.58. The third-order valence-electron chi connectivity index (χ3n) is 3.15. The Bertz CT molecular complexity index is 569. The number of piperidine rings is 1. The Balaban J connectivity index is 0.00000200. The van der Waals surface area contributed by atoms with Gasteiger partial charge in [-0.3, -0.25) is 0 Å². The van der Waals surface area contributed by atoms with Crippen molar-refractivity contribution in [3.63, 3.8) is 0 Å². The summed E-state index contributed by atoms with van der Waals surface area (Å²) in [5.41, 5.74) is 0. The molecule has 20 heavy (non-hydrogen) atoms. The summed E-state index contributed by atoms with van der Waals surface area (Å²) in [5, 5.41) is 3.68. The zero-order valence-electron chi connectivity index (χ0n) is 10.9. The van der Waals surface area contributed by atoms with Crippen molar-refractivity contribution in [3.05, 3.63) is 27.7 Å². The standard InChI is InChI=1S/C12H16BrClN2O2S.ClH/c1-8-6-9(4-5-15-8)16-19(17,18)10-2-3-11(13)12(14)7-10;/h2-3,7-9,15-16H,4-6H2,1H3;1H. The first-order valence-electron chi connectivity index (χ1n) is 6.09. The Morgan fingerprint density at radius 1 is 1.45 bits per heavy atom. The average Bonchev–Trinajstić information content (AvgIpc) is 2.32. The van der Waals surface area contributed by atoms with Crippen LogP contribution in [0.25, 0.3) is 0 Å². The highest BCUT2D eigenvalue weighted by atomic mass is 79.9. The lowest BCUT2D eigenvalue weighted by atomic mass is 10.0. The molecule has 4 nitrogen and oxygen atoms in total. The molecule has 8 heteroatoms. The van der Waals surface area contributed by atoms with Crippen LogP contribution in [0.1, 0.15) is 19.8 Å². The second-order valence-corrected chi connectivity index (χ2v) is 7.75. The molecule has 0 amide bonds. The van der Waals surface area contributed by atoms with Gasteiger partial charge in [0.05, 0.1) is 9.92 Å². The Hall–Kier alpha value is 0.150. The number of hydrogen-bond donors (Lipinski definition) is 2. The van der Waals surface area contributed by atoms with Crippen LogP contribution in [0.4, 0.5) is 0 Å². The minimum absolute atomic E-state index is 0. The molecule has 0 bridgehead atoms. The van der Waals surface area contributed by atoms with E-state index in [9.17, 15) is 8.42 Å². The normalized spacial score (nSPS) is 23.1. The molecule has 0 aromatic heterocycles. The smallest absolute Gasteiger partial charge is 0.240 e. The summed E-state index contributed by atoms with van der Waals surface area (Å²) in [4.78, 5) is 0.201. The van der Waals surface area contributed by atoms with E-state index in [4.69, 9.17) is 11.6 Å². The Kier molecular flexibility index (Phi) is 6.76. The van der Waals surface area contributed by atoms with Crippen molar-refractivity contribution in [3.8, 4) is 0 Å². The van der Waals surface area contributed by atoms with Gasteiger partial charge in [0.1, 0.15) is 0 Å². The van der Waals surface area contributed by atoms with Gasteiger partial charge in [0, 0.05) is 16.6 Å². The van der Waals surface area contributed by atoms with Gasteiger partial charge in [-0.05, 0) is 60.4 Å². The van der Waals surface area contributed by atoms with Gasteiger partial charge in [0.15, 0.2) is 0 Å². The van der Waals surface area contributed by atoms with Gasteiger partial charge < -0.3 is 5.32 Å². The third-order valence-corrected chi connectivity index (χ3v) is 5.90. The molecule has 2 rings (SSSR count). The first-order valence-corrected chi connectivity index (χ1v) is 8.74. The number of rotatable bonds is 3. The molecule has 1 aliphatic heterocycles. The van der Waals surface area contributed by atoms with E-state index in [0.717, 1.165) is 19.4 Å². The zero-order valence-corrected chi connectivity index (χ0v) is 14.9. The molecule has 1 saturated heterocycles. The number of sulfonamides is 1. The molecule has 1 aliphatic rings. The van der Waals surface area contributed by atoms with Gasteiger partial charge in [-0.25, -0.2) is 13.1 Å².